The Morgan fingerprint density at radius 2 is 1.74 bits per heavy atom. The van der Waals surface area contributed by atoms with Crippen LogP contribution in [0.25, 0.3) is 31.7 Å². The average molecular weight is 324 g/mol. The zero-order valence-corrected chi connectivity index (χ0v) is 14.6. The maximum Gasteiger partial charge on any atom is 0.109 e. The number of imidazole rings is 2. The molecule has 0 aliphatic rings. The Hall–Kier alpha value is -2.14. The third kappa shape index (κ3) is 2.45. The van der Waals surface area contributed by atoms with Crippen LogP contribution in [0.3, 0.4) is 0 Å². The summed E-state index contributed by atoms with van der Waals surface area (Å²) in [6, 6.07) is 6.61. The van der Waals surface area contributed by atoms with Gasteiger partial charge in [0.05, 0.1) is 27.8 Å². The molecular formula is C18H20N4S. The molecule has 0 amide bonds. The van der Waals surface area contributed by atoms with Crippen LogP contribution >= 0.6 is 11.3 Å². The summed E-state index contributed by atoms with van der Waals surface area (Å²) in [7, 11) is 0. The van der Waals surface area contributed by atoms with E-state index in [0.29, 0.717) is 11.8 Å². The zero-order valence-electron chi connectivity index (χ0n) is 13.8. The van der Waals surface area contributed by atoms with E-state index in [1.807, 2.05) is 6.20 Å². The van der Waals surface area contributed by atoms with Gasteiger partial charge in [0.2, 0.25) is 0 Å². The average Bonchev–Trinajstić information content (AvgIpc) is 3.20. The van der Waals surface area contributed by atoms with Crippen molar-refractivity contribution in [2.24, 2.45) is 0 Å². The number of nitrogens with zero attached hydrogens (tertiary/aromatic N) is 2. The molecule has 4 aromatic rings. The lowest BCUT2D eigenvalue weighted by atomic mass is 10.2. The fourth-order valence-electron chi connectivity index (χ4n) is 2.73. The van der Waals surface area contributed by atoms with Crippen LogP contribution in [-0.2, 0) is 0 Å². The van der Waals surface area contributed by atoms with Gasteiger partial charge in [-0.05, 0) is 23.6 Å². The summed E-state index contributed by atoms with van der Waals surface area (Å²) in [5.74, 6) is 2.91. The molecule has 0 aliphatic carbocycles. The second kappa shape index (κ2) is 5.20. The van der Waals surface area contributed by atoms with Crippen LogP contribution in [0.1, 0.15) is 51.2 Å². The summed E-state index contributed by atoms with van der Waals surface area (Å²) >= 11 is 1.78. The minimum absolute atomic E-state index is 0.412. The molecule has 0 saturated carbocycles. The first-order valence-corrected chi connectivity index (χ1v) is 8.81. The van der Waals surface area contributed by atoms with Crippen LogP contribution in [0, 0.1) is 0 Å². The zero-order chi connectivity index (χ0) is 16.1. The van der Waals surface area contributed by atoms with Gasteiger partial charge in [0.25, 0.3) is 0 Å². The molecule has 0 radical (unpaired) electrons. The smallest absolute Gasteiger partial charge is 0.109 e. The van der Waals surface area contributed by atoms with E-state index < -0.39 is 0 Å². The van der Waals surface area contributed by atoms with E-state index in [1.165, 1.54) is 15.0 Å². The summed E-state index contributed by atoms with van der Waals surface area (Å²) in [6.07, 6.45) is 1.93. The van der Waals surface area contributed by atoms with Crippen molar-refractivity contribution < 1.29 is 0 Å². The standard InChI is InChI=1S/C18H20N4S/c1-9(2)17-19-8-14(22-17)16-6-11-5-12-13(7-15(11)23-16)21-18(20-12)10(3)4/h5-10H,1-4H3,(H,19,22)(H,20,21). The summed E-state index contributed by atoms with van der Waals surface area (Å²) in [4.78, 5) is 17.2. The summed E-state index contributed by atoms with van der Waals surface area (Å²) in [5.41, 5.74) is 3.24. The van der Waals surface area contributed by atoms with Crippen molar-refractivity contribution in [2.75, 3.05) is 0 Å². The number of thiophene rings is 1. The second-order valence-electron chi connectivity index (χ2n) is 6.63. The minimum Gasteiger partial charge on any atom is -0.342 e. The lowest BCUT2D eigenvalue weighted by Crippen LogP contribution is -1.88. The van der Waals surface area contributed by atoms with E-state index in [0.717, 1.165) is 28.4 Å². The van der Waals surface area contributed by atoms with Crippen LogP contribution < -0.4 is 0 Å². The summed E-state index contributed by atoms with van der Waals surface area (Å²) < 4.78 is 1.26. The number of H-pyrrole nitrogens is 2. The number of aromatic amines is 2. The quantitative estimate of drug-likeness (QED) is 0.529. The van der Waals surface area contributed by atoms with Gasteiger partial charge in [-0.25, -0.2) is 9.97 Å². The molecule has 0 unspecified atom stereocenters. The highest BCUT2D eigenvalue weighted by atomic mass is 32.1. The molecule has 0 bridgehead atoms. The normalized spacial score (nSPS) is 12.3. The highest BCUT2D eigenvalue weighted by molar-refractivity contribution is 7.22. The van der Waals surface area contributed by atoms with Gasteiger partial charge < -0.3 is 9.97 Å². The van der Waals surface area contributed by atoms with E-state index in [-0.39, 0.29) is 0 Å². The van der Waals surface area contributed by atoms with E-state index in [4.69, 9.17) is 4.98 Å². The van der Waals surface area contributed by atoms with Gasteiger partial charge in [-0.1, -0.05) is 27.7 Å². The van der Waals surface area contributed by atoms with Gasteiger partial charge in [0.1, 0.15) is 11.6 Å². The van der Waals surface area contributed by atoms with Crippen LogP contribution in [-0.4, -0.2) is 19.9 Å². The van der Waals surface area contributed by atoms with Crippen molar-refractivity contribution in [2.45, 2.75) is 39.5 Å². The molecule has 23 heavy (non-hydrogen) atoms. The highest BCUT2D eigenvalue weighted by Crippen LogP contribution is 2.35. The minimum atomic E-state index is 0.412. The number of benzene rings is 1. The van der Waals surface area contributed by atoms with E-state index in [2.05, 4.69) is 60.8 Å². The Kier molecular flexibility index (Phi) is 3.27. The fraction of sp³-hybridized carbons (Fsp3) is 0.333. The molecule has 0 atom stereocenters. The first-order valence-electron chi connectivity index (χ1n) is 7.99. The van der Waals surface area contributed by atoms with E-state index in [1.54, 1.807) is 11.3 Å². The predicted molar refractivity (Wildman–Crippen MR) is 97.2 cm³/mol. The topological polar surface area (TPSA) is 57.4 Å². The van der Waals surface area contributed by atoms with Gasteiger partial charge in [-0.2, -0.15) is 0 Å². The second-order valence-corrected chi connectivity index (χ2v) is 7.72. The molecule has 4 nitrogen and oxygen atoms in total. The molecule has 0 saturated heterocycles. The summed E-state index contributed by atoms with van der Waals surface area (Å²) in [6.45, 7) is 8.60. The Morgan fingerprint density at radius 3 is 2.43 bits per heavy atom. The first-order chi connectivity index (χ1) is 11.0. The van der Waals surface area contributed by atoms with Crippen LogP contribution in [0.15, 0.2) is 24.4 Å². The molecule has 5 heteroatoms. The molecule has 1 aromatic carbocycles. The lowest BCUT2D eigenvalue weighted by molar-refractivity contribution is 0.795. The lowest BCUT2D eigenvalue weighted by Gasteiger charge is -1.97. The molecule has 0 aliphatic heterocycles. The van der Waals surface area contributed by atoms with Crippen LogP contribution in [0.4, 0.5) is 0 Å². The maximum absolute atomic E-state index is 4.70. The third-order valence-electron chi connectivity index (χ3n) is 4.09. The Bertz CT molecular complexity index is 936. The SMILES string of the molecule is CC(C)c1ncc(-c2cc3cc4[nH]c(C(C)C)nc4cc3s2)[nH]1. The highest BCUT2D eigenvalue weighted by Gasteiger charge is 2.12. The van der Waals surface area contributed by atoms with Crippen LogP contribution in [0.5, 0.6) is 0 Å². The number of rotatable bonds is 3. The molecule has 2 N–H and O–H groups in total. The molecule has 118 valence electrons. The van der Waals surface area contributed by atoms with Gasteiger partial charge >= 0.3 is 0 Å². The maximum atomic E-state index is 4.70. The first kappa shape index (κ1) is 14.5. The van der Waals surface area contributed by atoms with Crippen molar-refractivity contribution in [3.63, 3.8) is 0 Å². The Morgan fingerprint density at radius 1 is 0.957 bits per heavy atom. The molecule has 3 heterocycles. The molecule has 0 fully saturated rings. The molecular weight excluding hydrogens is 304 g/mol. The van der Waals surface area contributed by atoms with Gasteiger partial charge in [0, 0.05) is 16.5 Å². The number of aromatic nitrogens is 4. The van der Waals surface area contributed by atoms with Crippen molar-refractivity contribution in [3.05, 3.63) is 36.0 Å². The van der Waals surface area contributed by atoms with Crippen molar-refractivity contribution in [1.82, 2.24) is 19.9 Å². The van der Waals surface area contributed by atoms with Gasteiger partial charge in [0.15, 0.2) is 0 Å². The Labute approximate surface area is 139 Å². The van der Waals surface area contributed by atoms with Gasteiger partial charge in [-0.15, -0.1) is 11.3 Å². The third-order valence-corrected chi connectivity index (χ3v) is 5.22. The molecule has 0 spiro atoms. The van der Waals surface area contributed by atoms with E-state index >= 15 is 0 Å². The monoisotopic (exact) mass is 324 g/mol. The number of hydrogen-bond acceptors (Lipinski definition) is 3. The molecule has 4 rings (SSSR count). The largest absolute Gasteiger partial charge is 0.342 e. The summed E-state index contributed by atoms with van der Waals surface area (Å²) in [5, 5.41) is 1.25. The van der Waals surface area contributed by atoms with Gasteiger partial charge in [-0.3, -0.25) is 0 Å². The Balaban J connectivity index is 1.80. The molecule has 3 aromatic heterocycles. The van der Waals surface area contributed by atoms with Crippen molar-refractivity contribution in [1.29, 1.82) is 0 Å². The predicted octanol–water partition coefficient (Wildman–Crippen LogP) is 5.41. The van der Waals surface area contributed by atoms with E-state index in [9.17, 15) is 0 Å². The van der Waals surface area contributed by atoms with Crippen molar-refractivity contribution >= 4 is 32.5 Å². The van der Waals surface area contributed by atoms with Crippen LogP contribution in [0.2, 0.25) is 0 Å². The number of nitrogens with one attached hydrogen (secondary N) is 2. The fourth-order valence-corrected chi connectivity index (χ4v) is 3.77. The number of fused-ring (bicyclic) bond motifs is 2. The number of hydrogen-bond donors (Lipinski definition) is 2. The van der Waals surface area contributed by atoms with Crippen molar-refractivity contribution in [3.8, 4) is 10.6 Å².